The molecule has 0 aromatic carbocycles. The molecule has 0 N–H and O–H groups in total. The van der Waals surface area contributed by atoms with Gasteiger partial charge in [-0.2, -0.15) is 0 Å². The fraction of sp³-hybridized carbons (Fsp3) is 0.556. The van der Waals surface area contributed by atoms with Gasteiger partial charge in [0.1, 0.15) is 5.70 Å². The molecule has 1 nitrogen and oxygen atoms in total. The molecule has 1 rings (SSSR count). The minimum absolute atomic E-state index is 0. The van der Waals surface area contributed by atoms with Gasteiger partial charge in [0.25, 0.3) is 0 Å². The summed E-state index contributed by atoms with van der Waals surface area (Å²) in [6.45, 7) is 2.18. The molecular formula is C9H16NPt+. The summed E-state index contributed by atoms with van der Waals surface area (Å²) in [6, 6.07) is 0. The van der Waals surface area contributed by atoms with Crippen LogP contribution < -0.4 is 0 Å². The molecule has 0 saturated carbocycles. The van der Waals surface area contributed by atoms with Gasteiger partial charge in [-0.15, -0.1) is 0 Å². The van der Waals surface area contributed by atoms with Gasteiger partial charge in [-0.25, -0.2) is 0 Å². The normalized spacial score (nSPS) is 17.1. The Morgan fingerprint density at radius 1 is 1.27 bits per heavy atom. The minimum atomic E-state index is 0. The van der Waals surface area contributed by atoms with Crippen molar-refractivity contribution in [3.63, 3.8) is 0 Å². The topological polar surface area (TPSA) is 0 Å². The van der Waals surface area contributed by atoms with Crippen molar-refractivity contribution in [1.82, 2.24) is 0 Å². The number of nitrogens with zero attached hydrogens (tertiary/aromatic N) is 1. The third-order valence-electron chi connectivity index (χ3n) is 1.94. The molecule has 0 heterocycles. The maximum Gasteiger partial charge on any atom is 0.115 e. The molecule has 0 unspecified atom stereocenters. The maximum atomic E-state index is 2.23. The molecule has 0 bridgehead atoms. The molecule has 0 saturated heterocycles. The third kappa shape index (κ3) is 2.57. The average Bonchev–Trinajstić information content (AvgIpc) is 2.11. The van der Waals surface area contributed by atoms with Gasteiger partial charge in [0.15, 0.2) is 0 Å². The number of hydrogen-bond donors (Lipinski definition) is 0. The Morgan fingerprint density at radius 2 is 1.82 bits per heavy atom. The van der Waals surface area contributed by atoms with E-state index in [1.165, 1.54) is 11.3 Å². The van der Waals surface area contributed by atoms with Crippen molar-refractivity contribution in [3.05, 3.63) is 23.4 Å². The van der Waals surface area contributed by atoms with Crippen LogP contribution in [-0.4, -0.2) is 25.6 Å². The summed E-state index contributed by atoms with van der Waals surface area (Å²) in [5.41, 5.74) is 2.97. The zero-order valence-electron chi connectivity index (χ0n) is 7.63. The van der Waals surface area contributed by atoms with Gasteiger partial charge in [0, 0.05) is 33.1 Å². The van der Waals surface area contributed by atoms with E-state index in [0.717, 1.165) is 10.9 Å². The van der Waals surface area contributed by atoms with Gasteiger partial charge in [-0.1, -0.05) is 12.2 Å². The van der Waals surface area contributed by atoms with E-state index >= 15 is 0 Å². The number of allylic oxidation sites excluding steroid dienone is 3. The van der Waals surface area contributed by atoms with E-state index in [1.807, 2.05) is 0 Å². The van der Waals surface area contributed by atoms with Crippen LogP contribution in [0.2, 0.25) is 0 Å². The Labute approximate surface area is 83.6 Å². The van der Waals surface area contributed by atoms with Crippen molar-refractivity contribution < 1.29 is 25.5 Å². The fourth-order valence-electron chi connectivity index (χ4n) is 1.41. The zero-order valence-corrected chi connectivity index (χ0v) is 9.90. The minimum Gasteiger partial charge on any atom is -0.301 e. The van der Waals surface area contributed by atoms with E-state index in [9.17, 15) is 0 Å². The Morgan fingerprint density at radius 3 is 2.00 bits per heavy atom. The van der Waals surface area contributed by atoms with Crippen LogP contribution in [0.25, 0.3) is 0 Å². The Bertz CT molecular complexity index is 196. The second kappa shape index (κ2) is 3.69. The molecule has 0 aromatic heterocycles. The molecule has 0 aromatic rings. The average molecular weight is 333 g/mol. The van der Waals surface area contributed by atoms with Gasteiger partial charge >= 0.3 is 0 Å². The first-order valence-electron chi connectivity index (χ1n) is 3.70. The van der Waals surface area contributed by atoms with Crippen LogP contribution in [0.1, 0.15) is 13.3 Å². The van der Waals surface area contributed by atoms with Gasteiger partial charge < -0.3 is 4.48 Å². The van der Waals surface area contributed by atoms with Crippen molar-refractivity contribution in [3.8, 4) is 0 Å². The van der Waals surface area contributed by atoms with Crippen molar-refractivity contribution >= 4 is 0 Å². The number of quaternary nitrogens is 1. The first kappa shape index (κ1) is 11.1. The quantitative estimate of drug-likeness (QED) is 0.643. The molecule has 0 fully saturated rings. The largest absolute Gasteiger partial charge is 0.301 e. The summed E-state index contributed by atoms with van der Waals surface area (Å²) in [6.07, 6.45) is 5.57. The van der Waals surface area contributed by atoms with E-state index in [2.05, 4.69) is 40.2 Å². The van der Waals surface area contributed by atoms with Crippen LogP contribution in [0.5, 0.6) is 0 Å². The van der Waals surface area contributed by atoms with Crippen molar-refractivity contribution in [1.29, 1.82) is 0 Å². The first-order chi connectivity index (χ1) is 4.52. The first-order valence-corrected chi connectivity index (χ1v) is 3.70. The van der Waals surface area contributed by atoms with Crippen LogP contribution in [0.15, 0.2) is 23.4 Å². The Hall–Kier alpha value is 0.128. The van der Waals surface area contributed by atoms with E-state index in [0.29, 0.717) is 0 Å². The summed E-state index contributed by atoms with van der Waals surface area (Å²) < 4.78 is 0.971. The molecule has 0 atom stereocenters. The van der Waals surface area contributed by atoms with Gasteiger partial charge in [-0.05, 0) is 6.92 Å². The fourth-order valence-corrected chi connectivity index (χ4v) is 1.41. The smallest absolute Gasteiger partial charge is 0.115 e. The standard InChI is InChI=1S/C9H16N.Pt/c1-8-6-5-7-9(8)10(2,3)4;/h5-6H,7H2,1-4H3;/q+1;. The van der Waals surface area contributed by atoms with Crippen LogP contribution in [0.3, 0.4) is 0 Å². The van der Waals surface area contributed by atoms with Crippen molar-refractivity contribution in [2.75, 3.05) is 21.1 Å². The number of hydrogen-bond acceptors (Lipinski definition) is 0. The predicted octanol–water partition coefficient (Wildman–Crippen LogP) is 1.92. The molecule has 66 valence electrons. The molecule has 11 heavy (non-hydrogen) atoms. The molecule has 1 aliphatic carbocycles. The SMILES string of the molecule is CC1=C([N+](C)(C)C)CC=C1.[Pt]. The second-order valence-electron chi connectivity index (χ2n) is 3.75. The van der Waals surface area contributed by atoms with Crippen LogP contribution in [0.4, 0.5) is 0 Å². The molecule has 1 aliphatic rings. The van der Waals surface area contributed by atoms with Crippen molar-refractivity contribution in [2.24, 2.45) is 0 Å². The Balaban J connectivity index is 0.000001000. The summed E-state index contributed by atoms with van der Waals surface area (Å²) in [4.78, 5) is 0. The molecule has 0 aliphatic heterocycles. The van der Waals surface area contributed by atoms with Gasteiger partial charge in [0.2, 0.25) is 0 Å². The van der Waals surface area contributed by atoms with E-state index in [-0.39, 0.29) is 21.1 Å². The van der Waals surface area contributed by atoms with Gasteiger partial charge in [-0.3, -0.25) is 0 Å². The van der Waals surface area contributed by atoms with Gasteiger partial charge in [0.05, 0.1) is 21.1 Å². The molecule has 2 heteroatoms. The monoisotopic (exact) mass is 333 g/mol. The maximum absolute atomic E-state index is 2.23. The third-order valence-corrected chi connectivity index (χ3v) is 1.94. The molecule has 0 radical (unpaired) electrons. The van der Waals surface area contributed by atoms with Crippen LogP contribution in [-0.2, 0) is 21.1 Å². The molecular weight excluding hydrogens is 317 g/mol. The summed E-state index contributed by atoms with van der Waals surface area (Å²) in [7, 11) is 6.64. The number of rotatable bonds is 1. The zero-order chi connectivity index (χ0) is 7.78. The molecule has 0 spiro atoms. The van der Waals surface area contributed by atoms with Crippen molar-refractivity contribution in [2.45, 2.75) is 13.3 Å². The van der Waals surface area contributed by atoms with E-state index in [4.69, 9.17) is 0 Å². The summed E-state index contributed by atoms with van der Waals surface area (Å²) in [5, 5.41) is 0. The predicted molar refractivity (Wildman–Crippen MR) is 44.5 cm³/mol. The summed E-state index contributed by atoms with van der Waals surface area (Å²) in [5.74, 6) is 0. The Kier molecular flexibility index (Phi) is 3.73. The summed E-state index contributed by atoms with van der Waals surface area (Å²) >= 11 is 0. The molecule has 0 amide bonds. The van der Waals surface area contributed by atoms with Crippen LogP contribution >= 0.6 is 0 Å². The second-order valence-corrected chi connectivity index (χ2v) is 3.75. The van der Waals surface area contributed by atoms with E-state index in [1.54, 1.807) is 0 Å². The van der Waals surface area contributed by atoms with Crippen LogP contribution in [0, 0.1) is 0 Å². The van der Waals surface area contributed by atoms with E-state index < -0.39 is 0 Å².